The van der Waals surface area contributed by atoms with E-state index in [0.717, 1.165) is 18.5 Å². The first-order valence-corrected chi connectivity index (χ1v) is 8.15. The van der Waals surface area contributed by atoms with Gasteiger partial charge in [-0.3, -0.25) is 4.79 Å². The average molecular weight is 336 g/mol. The third kappa shape index (κ3) is 3.15. The van der Waals surface area contributed by atoms with E-state index < -0.39 is 0 Å². The van der Waals surface area contributed by atoms with Gasteiger partial charge in [-0.2, -0.15) is 0 Å². The smallest absolute Gasteiger partial charge is 0.221 e. The number of rotatable bonds is 3. The number of anilines is 2. The summed E-state index contributed by atoms with van der Waals surface area (Å²) in [6.45, 7) is 1.50. The van der Waals surface area contributed by atoms with E-state index >= 15 is 0 Å². The molecule has 5 nitrogen and oxygen atoms in total. The van der Waals surface area contributed by atoms with Crippen molar-refractivity contribution < 1.29 is 9.18 Å². The molecule has 0 saturated heterocycles. The lowest BCUT2D eigenvalue weighted by atomic mass is 10.1. The molecule has 3 aromatic rings. The molecule has 126 valence electrons. The van der Waals surface area contributed by atoms with Crippen LogP contribution in [0.5, 0.6) is 0 Å². The molecule has 6 heteroatoms. The van der Waals surface area contributed by atoms with Crippen LogP contribution < -0.4 is 10.6 Å². The number of halogens is 1. The maximum absolute atomic E-state index is 13.6. The normalized spacial score (nSPS) is 15.8. The molecular weight excluding hydrogens is 319 g/mol. The molecule has 0 radical (unpaired) electrons. The molecule has 2 aromatic carbocycles. The van der Waals surface area contributed by atoms with E-state index in [0.29, 0.717) is 16.7 Å². The third-order valence-corrected chi connectivity index (χ3v) is 4.40. The Kier molecular flexibility index (Phi) is 3.80. The summed E-state index contributed by atoms with van der Waals surface area (Å²) in [5, 5.41) is 6.90. The molecule has 1 aliphatic carbocycles. The topological polar surface area (TPSA) is 66.9 Å². The Labute approximate surface area is 144 Å². The highest BCUT2D eigenvalue weighted by Gasteiger charge is 2.22. The van der Waals surface area contributed by atoms with Crippen molar-refractivity contribution in [3.63, 3.8) is 0 Å². The highest BCUT2D eigenvalue weighted by molar-refractivity contribution is 5.89. The minimum atomic E-state index is -0.306. The number of fused-ring (bicyclic) bond motifs is 2. The van der Waals surface area contributed by atoms with Crippen LogP contribution in [0.1, 0.15) is 18.1 Å². The van der Waals surface area contributed by atoms with Crippen molar-refractivity contribution in [1.82, 2.24) is 9.97 Å². The fraction of sp³-hybridized carbons (Fsp3) is 0.211. The summed E-state index contributed by atoms with van der Waals surface area (Å²) in [4.78, 5) is 19.7. The van der Waals surface area contributed by atoms with Crippen LogP contribution in [0.15, 0.2) is 42.7 Å². The predicted octanol–water partition coefficient (Wildman–Crippen LogP) is 3.31. The van der Waals surface area contributed by atoms with Crippen LogP contribution in [-0.4, -0.2) is 21.9 Å². The molecule has 1 atom stereocenters. The number of hydrogen-bond donors (Lipinski definition) is 2. The SMILES string of the molecule is CC(=O)Nc1ccc2c(c1)CC(Nc1ncnc3ccc(F)cc13)C2. The molecule has 0 fully saturated rings. The summed E-state index contributed by atoms with van der Waals surface area (Å²) < 4.78 is 13.6. The zero-order valence-electron chi connectivity index (χ0n) is 13.7. The lowest BCUT2D eigenvalue weighted by Gasteiger charge is -2.14. The van der Waals surface area contributed by atoms with Crippen LogP contribution in [-0.2, 0) is 17.6 Å². The van der Waals surface area contributed by atoms with Crippen LogP contribution in [0.3, 0.4) is 0 Å². The van der Waals surface area contributed by atoms with Gasteiger partial charge in [0, 0.05) is 24.0 Å². The first kappa shape index (κ1) is 15.5. The molecule has 25 heavy (non-hydrogen) atoms. The molecule has 1 aliphatic rings. The van der Waals surface area contributed by atoms with Crippen LogP contribution in [0, 0.1) is 5.82 Å². The fourth-order valence-electron chi connectivity index (χ4n) is 3.34. The monoisotopic (exact) mass is 336 g/mol. The van der Waals surface area contributed by atoms with Gasteiger partial charge in [-0.05, 0) is 54.3 Å². The van der Waals surface area contributed by atoms with Crippen LogP contribution >= 0.6 is 0 Å². The molecule has 0 aliphatic heterocycles. The molecule has 0 spiro atoms. The molecule has 0 saturated carbocycles. The summed E-state index contributed by atoms with van der Waals surface area (Å²) in [5.41, 5.74) is 3.97. The van der Waals surface area contributed by atoms with Crippen molar-refractivity contribution >= 4 is 28.3 Å². The van der Waals surface area contributed by atoms with Gasteiger partial charge in [0.15, 0.2) is 0 Å². The first-order valence-electron chi connectivity index (χ1n) is 8.15. The third-order valence-electron chi connectivity index (χ3n) is 4.40. The Hall–Kier alpha value is -3.02. The quantitative estimate of drug-likeness (QED) is 0.770. The van der Waals surface area contributed by atoms with Crippen LogP contribution in [0.25, 0.3) is 10.9 Å². The van der Waals surface area contributed by atoms with Gasteiger partial charge in [-0.25, -0.2) is 14.4 Å². The van der Waals surface area contributed by atoms with Gasteiger partial charge >= 0.3 is 0 Å². The molecule has 0 bridgehead atoms. The largest absolute Gasteiger partial charge is 0.366 e. The Morgan fingerprint density at radius 2 is 1.96 bits per heavy atom. The van der Waals surface area contributed by atoms with Crippen molar-refractivity contribution in [1.29, 1.82) is 0 Å². The highest BCUT2D eigenvalue weighted by atomic mass is 19.1. The van der Waals surface area contributed by atoms with E-state index in [1.54, 1.807) is 6.07 Å². The van der Waals surface area contributed by atoms with Crippen molar-refractivity contribution in [3.8, 4) is 0 Å². The second kappa shape index (κ2) is 6.12. The molecule has 1 unspecified atom stereocenters. The van der Waals surface area contributed by atoms with Gasteiger partial charge < -0.3 is 10.6 Å². The molecule has 1 amide bonds. The number of benzene rings is 2. The lowest BCUT2D eigenvalue weighted by Crippen LogP contribution is -2.20. The summed E-state index contributed by atoms with van der Waals surface area (Å²) in [6, 6.07) is 10.6. The molecule has 1 heterocycles. The molecule has 2 N–H and O–H groups in total. The number of nitrogens with zero attached hydrogens (tertiary/aromatic N) is 2. The number of carbonyl (C=O) groups is 1. The Morgan fingerprint density at radius 1 is 1.12 bits per heavy atom. The van der Waals surface area contributed by atoms with E-state index in [1.807, 2.05) is 18.2 Å². The van der Waals surface area contributed by atoms with E-state index in [2.05, 4.69) is 20.6 Å². The summed E-state index contributed by atoms with van der Waals surface area (Å²) in [5.74, 6) is 0.256. The molecular formula is C19H17FN4O. The van der Waals surface area contributed by atoms with E-state index in [-0.39, 0.29) is 17.8 Å². The standard InChI is InChI=1S/C19H17FN4O/c1-11(25)23-15-4-2-12-6-16(8-13(12)7-15)24-19-17-9-14(20)3-5-18(17)21-10-22-19/h2-5,7,9-10,16H,6,8H2,1H3,(H,23,25)(H,21,22,24). The zero-order chi connectivity index (χ0) is 17.4. The second-order valence-electron chi connectivity index (χ2n) is 6.30. The second-order valence-corrected chi connectivity index (χ2v) is 6.30. The Morgan fingerprint density at radius 3 is 2.80 bits per heavy atom. The summed E-state index contributed by atoms with van der Waals surface area (Å²) in [7, 11) is 0. The minimum absolute atomic E-state index is 0.0814. The van der Waals surface area contributed by atoms with Crippen LogP contribution in [0.2, 0.25) is 0 Å². The first-order chi connectivity index (χ1) is 12.1. The number of nitrogens with one attached hydrogen (secondary N) is 2. The van der Waals surface area contributed by atoms with Crippen molar-refractivity contribution in [2.75, 3.05) is 10.6 Å². The summed E-state index contributed by atoms with van der Waals surface area (Å²) in [6.07, 6.45) is 3.17. The number of hydrogen-bond acceptors (Lipinski definition) is 4. The molecule has 4 rings (SSSR count). The van der Waals surface area contributed by atoms with Crippen molar-refractivity contribution in [3.05, 3.63) is 59.7 Å². The van der Waals surface area contributed by atoms with Crippen molar-refractivity contribution in [2.45, 2.75) is 25.8 Å². The van der Waals surface area contributed by atoms with Gasteiger partial charge in [-0.1, -0.05) is 6.07 Å². The van der Waals surface area contributed by atoms with Gasteiger partial charge in [0.1, 0.15) is 18.0 Å². The van der Waals surface area contributed by atoms with Gasteiger partial charge in [-0.15, -0.1) is 0 Å². The predicted molar refractivity (Wildman–Crippen MR) is 95.1 cm³/mol. The average Bonchev–Trinajstić information content (AvgIpc) is 2.96. The van der Waals surface area contributed by atoms with Gasteiger partial charge in [0.25, 0.3) is 0 Å². The Bertz CT molecular complexity index is 973. The number of amides is 1. The number of carbonyl (C=O) groups excluding carboxylic acids is 1. The zero-order valence-corrected chi connectivity index (χ0v) is 13.7. The Balaban J connectivity index is 1.57. The number of aromatic nitrogens is 2. The minimum Gasteiger partial charge on any atom is -0.366 e. The maximum Gasteiger partial charge on any atom is 0.221 e. The van der Waals surface area contributed by atoms with Gasteiger partial charge in [0.2, 0.25) is 5.91 Å². The van der Waals surface area contributed by atoms with E-state index in [9.17, 15) is 9.18 Å². The fourth-order valence-corrected chi connectivity index (χ4v) is 3.34. The lowest BCUT2D eigenvalue weighted by molar-refractivity contribution is -0.114. The van der Waals surface area contributed by atoms with E-state index in [1.165, 1.54) is 36.5 Å². The van der Waals surface area contributed by atoms with Gasteiger partial charge in [0.05, 0.1) is 5.52 Å². The summed E-state index contributed by atoms with van der Waals surface area (Å²) >= 11 is 0. The van der Waals surface area contributed by atoms with E-state index in [4.69, 9.17) is 0 Å². The maximum atomic E-state index is 13.6. The highest BCUT2D eigenvalue weighted by Crippen LogP contribution is 2.29. The van der Waals surface area contributed by atoms with Crippen molar-refractivity contribution in [2.24, 2.45) is 0 Å². The molecule has 1 aromatic heterocycles. The van der Waals surface area contributed by atoms with Crippen LogP contribution in [0.4, 0.5) is 15.9 Å².